The van der Waals surface area contributed by atoms with Crippen molar-refractivity contribution in [2.24, 2.45) is 13.0 Å². The lowest BCUT2D eigenvalue weighted by molar-refractivity contribution is -0.123. The predicted molar refractivity (Wildman–Crippen MR) is 97.4 cm³/mol. The Morgan fingerprint density at radius 3 is 2.72 bits per heavy atom. The number of amides is 2. The highest BCUT2D eigenvalue weighted by Gasteiger charge is 2.37. The lowest BCUT2D eigenvalue weighted by Gasteiger charge is -2.29. The molecular weight excluding hydrogens is 316 g/mol. The molecule has 0 radical (unpaired) electrons. The highest BCUT2D eigenvalue weighted by Crippen LogP contribution is 2.33. The lowest BCUT2D eigenvalue weighted by atomic mass is 10.0. The van der Waals surface area contributed by atoms with Gasteiger partial charge in [0.05, 0.1) is 6.42 Å². The number of carbonyl (C=O) groups excluding carboxylic acids is 2. The number of carbonyl (C=O) groups is 2. The third-order valence-electron chi connectivity index (χ3n) is 4.38. The molecule has 132 valence electrons. The molecule has 6 heteroatoms. The monoisotopic (exact) mass is 340 g/mol. The van der Waals surface area contributed by atoms with Crippen LogP contribution in [0.4, 0.5) is 11.5 Å². The largest absolute Gasteiger partial charge is 0.307 e. The van der Waals surface area contributed by atoms with Crippen molar-refractivity contribution in [1.82, 2.24) is 9.78 Å². The number of anilines is 2. The SMILES string of the molecule is Cc1ccc2c(c1)CC(=O)N2C(CC(C)C)C(=O)Nc1ccn(C)n1. The Morgan fingerprint density at radius 2 is 2.08 bits per heavy atom. The Hall–Kier alpha value is -2.63. The van der Waals surface area contributed by atoms with Gasteiger partial charge in [-0.25, -0.2) is 0 Å². The fourth-order valence-electron chi connectivity index (χ4n) is 3.28. The van der Waals surface area contributed by atoms with Crippen LogP contribution in [0.5, 0.6) is 0 Å². The maximum absolute atomic E-state index is 12.9. The topological polar surface area (TPSA) is 67.2 Å². The van der Waals surface area contributed by atoms with Crippen LogP contribution in [0.1, 0.15) is 31.4 Å². The van der Waals surface area contributed by atoms with Gasteiger partial charge >= 0.3 is 0 Å². The highest BCUT2D eigenvalue weighted by atomic mass is 16.2. The number of fused-ring (bicyclic) bond motifs is 1. The minimum atomic E-state index is -0.543. The van der Waals surface area contributed by atoms with E-state index in [-0.39, 0.29) is 17.7 Å². The zero-order chi connectivity index (χ0) is 18.1. The van der Waals surface area contributed by atoms with Crippen LogP contribution in [-0.2, 0) is 23.1 Å². The highest BCUT2D eigenvalue weighted by molar-refractivity contribution is 6.08. The molecule has 25 heavy (non-hydrogen) atoms. The van der Waals surface area contributed by atoms with Crippen molar-refractivity contribution >= 4 is 23.3 Å². The molecule has 6 nitrogen and oxygen atoms in total. The van der Waals surface area contributed by atoms with Crippen LogP contribution in [0.3, 0.4) is 0 Å². The van der Waals surface area contributed by atoms with E-state index in [9.17, 15) is 9.59 Å². The number of nitrogens with one attached hydrogen (secondary N) is 1. The average molecular weight is 340 g/mol. The smallest absolute Gasteiger partial charge is 0.248 e. The molecule has 2 heterocycles. The summed E-state index contributed by atoms with van der Waals surface area (Å²) in [6.45, 7) is 6.11. The van der Waals surface area contributed by atoms with Gasteiger partial charge in [-0.05, 0) is 30.9 Å². The molecule has 1 unspecified atom stereocenters. The maximum Gasteiger partial charge on any atom is 0.248 e. The van der Waals surface area contributed by atoms with Gasteiger partial charge < -0.3 is 5.32 Å². The normalized spacial score (nSPS) is 14.8. The van der Waals surface area contributed by atoms with Crippen LogP contribution in [-0.4, -0.2) is 27.6 Å². The van der Waals surface area contributed by atoms with E-state index >= 15 is 0 Å². The molecule has 1 aliphatic heterocycles. The van der Waals surface area contributed by atoms with Gasteiger partial charge in [0.25, 0.3) is 0 Å². The molecule has 0 saturated heterocycles. The standard InChI is InChI=1S/C19H24N4O2/c1-12(2)9-16(19(25)20-17-7-8-22(4)21-17)23-15-6-5-13(3)10-14(15)11-18(23)24/h5-8,10,12,16H,9,11H2,1-4H3,(H,20,21,25). The first kappa shape index (κ1) is 17.2. The quantitative estimate of drug-likeness (QED) is 0.910. The molecule has 0 fully saturated rings. The first-order valence-corrected chi connectivity index (χ1v) is 8.57. The van der Waals surface area contributed by atoms with Gasteiger partial charge in [-0.15, -0.1) is 0 Å². The Kier molecular flexibility index (Phi) is 4.61. The van der Waals surface area contributed by atoms with E-state index in [4.69, 9.17) is 0 Å². The number of nitrogens with zero attached hydrogens (tertiary/aromatic N) is 3. The van der Waals surface area contributed by atoms with E-state index in [0.29, 0.717) is 18.7 Å². The molecular formula is C19H24N4O2. The molecule has 1 atom stereocenters. The maximum atomic E-state index is 12.9. The van der Waals surface area contributed by atoms with Crippen molar-refractivity contribution in [2.75, 3.05) is 10.2 Å². The molecule has 2 amide bonds. The second-order valence-corrected chi connectivity index (χ2v) is 7.08. The van der Waals surface area contributed by atoms with Gasteiger partial charge in [-0.3, -0.25) is 19.2 Å². The molecule has 1 N–H and O–H groups in total. The van der Waals surface area contributed by atoms with Crippen molar-refractivity contribution in [3.63, 3.8) is 0 Å². The summed E-state index contributed by atoms with van der Waals surface area (Å²) in [4.78, 5) is 27.2. The first-order chi connectivity index (χ1) is 11.8. The van der Waals surface area contributed by atoms with Crippen LogP contribution < -0.4 is 10.2 Å². The van der Waals surface area contributed by atoms with E-state index in [2.05, 4.69) is 24.3 Å². The first-order valence-electron chi connectivity index (χ1n) is 8.57. The number of rotatable bonds is 5. The summed E-state index contributed by atoms with van der Waals surface area (Å²) in [7, 11) is 1.80. The van der Waals surface area contributed by atoms with Crippen LogP contribution in [0.15, 0.2) is 30.5 Å². The van der Waals surface area contributed by atoms with Crippen LogP contribution in [0, 0.1) is 12.8 Å². The summed E-state index contributed by atoms with van der Waals surface area (Å²) in [5.41, 5.74) is 2.95. The van der Waals surface area contributed by atoms with Crippen LogP contribution in [0.25, 0.3) is 0 Å². The van der Waals surface area contributed by atoms with Gasteiger partial charge in [-0.2, -0.15) is 5.10 Å². The van der Waals surface area contributed by atoms with E-state index < -0.39 is 6.04 Å². The Bertz CT molecular complexity index is 810. The Balaban J connectivity index is 1.90. The fourth-order valence-corrected chi connectivity index (χ4v) is 3.28. The lowest BCUT2D eigenvalue weighted by Crippen LogP contribution is -2.46. The minimum absolute atomic E-state index is 0.0255. The molecule has 1 aromatic carbocycles. The third-order valence-corrected chi connectivity index (χ3v) is 4.38. The summed E-state index contributed by atoms with van der Waals surface area (Å²) < 4.78 is 1.63. The summed E-state index contributed by atoms with van der Waals surface area (Å²) in [6, 6.07) is 7.15. The summed E-state index contributed by atoms with van der Waals surface area (Å²) in [5, 5.41) is 7.04. The zero-order valence-corrected chi connectivity index (χ0v) is 15.1. The second kappa shape index (κ2) is 6.70. The molecule has 0 saturated carbocycles. The van der Waals surface area contributed by atoms with Gasteiger partial charge in [0.1, 0.15) is 6.04 Å². The number of aromatic nitrogens is 2. The molecule has 0 spiro atoms. The van der Waals surface area contributed by atoms with Crippen molar-refractivity contribution < 1.29 is 9.59 Å². The number of benzene rings is 1. The van der Waals surface area contributed by atoms with Gasteiger partial charge in [0.15, 0.2) is 5.82 Å². The van der Waals surface area contributed by atoms with Gasteiger partial charge in [-0.1, -0.05) is 31.5 Å². The van der Waals surface area contributed by atoms with E-state index in [1.54, 1.807) is 28.9 Å². The molecule has 0 bridgehead atoms. The van der Waals surface area contributed by atoms with Crippen LogP contribution in [0.2, 0.25) is 0 Å². The van der Waals surface area contributed by atoms with Crippen molar-refractivity contribution in [2.45, 2.75) is 39.7 Å². The summed E-state index contributed by atoms with van der Waals surface area (Å²) >= 11 is 0. The molecule has 0 aliphatic carbocycles. The molecule has 1 aromatic heterocycles. The van der Waals surface area contributed by atoms with Crippen molar-refractivity contribution in [3.05, 3.63) is 41.6 Å². The average Bonchev–Trinajstić information content (AvgIpc) is 3.06. The zero-order valence-electron chi connectivity index (χ0n) is 15.1. The Labute approximate surface area is 147 Å². The predicted octanol–water partition coefficient (Wildman–Crippen LogP) is 2.67. The minimum Gasteiger partial charge on any atom is -0.307 e. The van der Waals surface area contributed by atoms with Crippen LogP contribution >= 0.6 is 0 Å². The fraction of sp³-hybridized carbons (Fsp3) is 0.421. The molecule has 1 aliphatic rings. The van der Waals surface area contributed by atoms with Crippen molar-refractivity contribution in [1.29, 1.82) is 0 Å². The number of hydrogen-bond acceptors (Lipinski definition) is 3. The van der Waals surface area contributed by atoms with Crippen molar-refractivity contribution in [3.8, 4) is 0 Å². The van der Waals surface area contributed by atoms with Gasteiger partial charge in [0.2, 0.25) is 11.8 Å². The summed E-state index contributed by atoms with van der Waals surface area (Å²) in [6.07, 6.45) is 2.71. The third kappa shape index (κ3) is 3.57. The summed E-state index contributed by atoms with van der Waals surface area (Å²) in [5.74, 6) is 0.551. The number of aryl methyl sites for hydroxylation is 2. The second-order valence-electron chi connectivity index (χ2n) is 7.08. The van der Waals surface area contributed by atoms with E-state index in [0.717, 1.165) is 16.8 Å². The molecule has 2 aromatic rings. The van der Waals surface area contributed by atoms with Gasteiger partial charge in [0, 0.05) is 25.0 Å². The number of hydrogen-bond donors (Lipinski definition) is 1. The Morgan fingerprint density at radius 1 is 1.32 bits per heavy atom. The van der Waals surface area contributed by atoms with E-state index in [1.165, 1.54) is 0 Å². The molecule has 3 rings (SSSR count). The van der Waals surface area contributed by atoms with E-state index in [1.807, 2.05) is 25.1 Å².